The van der Waals surface area contributed by atoms with Crippen LogP contribution in [0.25, 0.3) is 0 Å². The van der Waals surface area contributed by atoms with Gasteiger partial charge in [-0.15, -0.1) is 13.2 Å². The summed E-state index contributed by atoms with van der Waals surface area (Å²) >= 11 is 0. The molecule has 9 heteroatoms. The molecule has 0 aromatic heterocycles. The van der Waals surface area contributed by atoms with Gasteiger partial charge in [0.05, 0.1) is 4.90 Å². The minimum absolute atomic E-state index is 0.0122. The lowest BCUT2D eigenvalue weighted by atomic mass is 10.2. The zero-order valence-corrected chi connectivity index (χ0v) is 13.2. The quantitative estimate of drug-likeness (QED) is 0.827. The summed E-state index contributed by atoms with van der Waals surface area (Å²) < 4.78 is 80.6. The van der Waals surface area contributed by atoms with Crippen molar-refractivity contribution >= 4 is 10.0 Å². The number of halogens is 4. The highest BCUT2D eigenvalue weighted by atomic mass is 32.2. The molecule has 0 atom stereocenters. The van der Waals surface area contributed by atoms with E-state index in [-0.39, 0.29) is 16.0 Å². The van der Waals surface area contributed by atoms with Crippen molar-refractivity contribution in [3.05, 3.63) is 59.4 Å². The number of hydrogen-bond donors (Lipinski definition) is 1. The molecule has 0 aliphatic rings. The Morgan fingerprint density at radius 3 is 2.42 bits per heavy atom. The average molecular weight is 363 g/mol. The predicted molar refractivity (Wildman–Crippen MR) is 78.3 cm³/mol. The highest BCUT2D eigenvalue weighted by Crippen LogP contribution is 2.26. The topological polar surface area (TPSA) is 55.4 Å². The number of benzene rings is 2. The molecule has 0 heterocycles. The Kier molecular flexibility index (Phi) is 5.14. The molecule has 24 heavy (non-hydrogen) atoms. The van der Waals surface area contributed by atoms with E-state index in [4.69, 9.17) is 0 Å². The number of sulfonamides is 1. The molecule has 130 valence electrons. The van der Waals surface area contributed by atoms with Crippen molar-refractivity contribution in [3.8, 4) is 5.75 Å². The van der Waals surface area contributed by atoms with Crippen molar-refractivity contribution in [2.45, 2.75) is 24.7 Å². The van der Waals surface area contributed by atoms with Crippen LogP contribution >= 0.6 is 0 Å². The number of ether oxygens (including phenoxy) is 1. The number of nitrogens with one attached hydrogen (secondary N) is 1. The maximum absolute atomic E-state index is 13.1. The SMILES string of the molecule is Cc1cc(F)ccc1S(=O)(=O)NCc1ccccc1OC(F)(F)F. The third-order valence-corrected chi connectivity index (χ3v) is 4.64. The van der Waals surface area contributed by atoms with Crippen LogP contribution in [0.3, 0.4) is 0 Å². The fourth-order valence-electron chi connectivity index (χ4n) is 2.04. The standard InChI is InChI=1S/C15H13F4NO3S/c1-10-8-12(16)6-7-14(10)24(21,22)20-9-11-4-2-3-5-13(11)23-15(17,18)19/h2-8,20H,9H2,1H3. The van der Waals surface area contributed by atoms with Crippen LogP contribution in [0.1, 0.15) is 11.1 Å². The van der Waals surface area contributed by atoms with Crippen LogP contribution < -0.4 is 9.46 Å². The second-order valence-electron chi connectivity index (χ2n) is 4.89. The monoisotopic (exact) mass is 363 g/mol. The molecule has 0 spiro atoms. The summed E-state index contributed by atoms with van der Waals surface area (Å²) in [5, 5.41) is 0. The Hall–Kier alpha value is -2.13. The fraction of sp³-hybridized carbons (Fsp3) is 0.200. The molecule has 0 aliphatic heterocycles. The van der Waals surface area contributed by atoms with Crippen LogP contribution in [-0.4, -0.2) is 14.8 Å². The van der Waals surface area contributed by atoms with E-state index >= 15 is 0 Å². The smallest absolute Gasteiger partial charge is 0.405 e. The first-order valence-electron chi connectivity index (χ1n) is 6.68. The molecule has 0 amide bonds. The number of alkyl halides is 3. The molecule has 0 saturated heterocycles. The second-order valence-corrected chi connectivity index (χ2v) is 6.63. The molecule has 0 fully saturated rings. The van der Waals surface area contributed by atoms with Gasteiger partial charge in [0, 0.05) is 12.1 Å². The Morgan fingerprint density at radius 1 is 1.12 bits per heavy atom. The van der Waals surface area contributed by atoms with Gasteiger partial charge in [-0.3, -0.25) is 0 Å². The van der Waals surface area contributed by atoms with E-state index in [1.807, 2.05) is 0 Å². The molecule has 0 saturated carbocycles. The van der Waals surface area contributed by atoms with Crippen molar-refractivity contribution < 1.29 is 30.7 Å². The molecule has 4 nitrogen and oxygen atoms in total. The van der Waals surface area contributed by atoms with Crippen LogP contribution in [0.4, 0.5) is 17.6 Å². The van der Waals surface area contributed by atoms with Gasteiger partial charge in [0.2, 0.25) is 10.0 Å². The van der Waals surface area contributed by atoms with Gasteiger partial charge in [0.25, 0.3) is 0 Å². The molecule has 2 rings (SSSR count). The maximum atomic E-state index is 13.1. The van der Waals surface area contributed by atoms with Crippen molar-refractivity contribution in [1.29, 1.82) is 0 Å². The molecule has 1 N–H and O–H groups in total. The number of hydrogen-bond acceptors (Lipinski definition) is 3. The summed E-state index contributed by atoms with van der Waals surface area (Å²) in [6, 6.07) is 8.31. The predicted octanol–water partition coefficient (Wildman–Crippen LogP) is 3.51. The Bertz CT molecular complexity index is 835. The minimum Gasteiger partial charge on any atom is -0.405 e. The molecule has 0 bridgehead atoms. The van der Waals surface area contributed by atoms with Gasteiger partial charge in [0.1, 0.15) is 11.6 Å². The van der Waals surface area contributed by atoms with Crippen LogP contribution in [0.15, 0.2) is 47.4 Å². The largest absolute Gasteiger partial charge is 0.573 e. The van der Waals surface area contributed by atoms with E-state index in [0.29, 0.717) is 0 Å². The number of para-hydroxylation sites is 1. The van der Waals surface area contributed by atoms with Crippen molar-refractivity contribution in [2.24, 2.45) is 0 Å². The van der Waals surface area contributed by atoms with Crippen molar-refractivity contribution in [2.75, 3.05) is 0 Å². The summed E-state index contributed by atoms with van der Waals surface area (Å²) in [4.78, 5) is -0.155. The highest BCUT2D eigenvalue weighted by Gasteiger charge is 2.32. The molecular weight excluding hydrogens is 350 g/mol. The lowest BCUT2D eigenvalue weighted by molar-refractivity contribution is -0.274. The maximum Gasteiger partial charge on any atom is 0.573 e. The van der Waals surface area contributed by atoms with Gasteiger partial charge < -0.3 is 4.74 Å². The summed E-state index contributed by atoms with van der Waals surface area (Å²) in [5.41, 5.74) is 0.195. The summed E-state index contributed by atoms with van der Waals surface area (Å²) in [7, 11) is -4.02. The average Bonchev–Trinajstić information content (AvgIpc) is 2.44. The van der Waals surface area contributed by atoms with Crippen LogP contribution in [0, 0.1) is 12.7 Å². The summed E-state index contributed by atoms with van der Waals surface area (Å²) in [6.45, 7) is 1.00. The number of rotatable bonds is 5. The molecule has 0 unspecified atom stereocenters. The van der Waals surface area contributed by atoms with Gasteiger partial charge in [0.15, 0.2) is 0 Å². The summed E-state index contributed by atoms with van der Waals surface area (Å²) in [5.74, 6) is -1.08. The molecule has 2 aromatic carbocycles. The van der Waals surface area contributed by atoms with E-state index in [1.165, 1.54) is 25.1 Å². The first kappa shape index (κ1) is 18.2. The van der Waals surface area contributed by atoms with Gasteiger partial charge in [-0.2, -0.15) is 0 Å². The minimum atomic E-state index is -4.89. The fourth-order valence-corrected chi connectivity index (χ4v) is 3.27. The second kappa shape index (κ2) is 6.78. The third kappa shape index (κ3) is 4.68. The van der Waals surface area contributed by atoms with Crippen molar-refractivity contribution in [1.82, 2.24) is 4.72 Å². The highest BCUT2D eigenvalue weighted by molar-refractivity contribution is 7.89. The van der Waals surface area contributed by atoms with Gasteiger partial charge >= 0.3 is 6.36 Å². The van der Waals surface area contributed by atoms with E-state index in [1.54, 1.807) is 0 Å². The van der Waals surface area contributed by atoms with E-state index < -0.39 is 34.5 Å². The Labute approximate surface area is 136 Å². The molecular formula is C15H13F4NO3S. The molecule has 0 aliphatic carbocycles. The zero-order valence-electron chi connectivity index (χ0n) is 12.4. The third-order valence-electron chi connectivity index (χ3n) is 3.08. The first-order chi connectivity index (χ1) is 11.1. The number of aryl methyl sites for hydroxylation is 1. The zero-order chi connectivity index (χ0) is 18.0. The van der Waals surface area contributed by atoms with E-state index in [9.17, 15) is 26.0 Å². The van der Waals surface area contributed by atoms with Gasteiger partial charge in [-0.1, -0.05) is 18.2 Å². The van der Waals surface area contributed by atoms with Crippen LogP contribution in [0.2, 0.25) is 0 Å². The first-order valence-corrected chi connectivity index (χ1v) is 8.16. The van der Waals surface area contributed by atoms with Gasteiger partial charge in [-0.25, -0.2) is 17.5 Å². The molecule has 2 aromatic rings. The van der Waals surface area contributed by atoms with Crippen LogP contribution in [0.5, 0.6) is 5.75 Å². The van der Waals surface area contributed by atoms with E-state index in [0.717, 1.165) is 24.3 Å². The summed E-state index contributed by atoms with van der Waals surface area (Å²) in [6.07, 6.45) is -4.89. The van der Waals surface area contributed by atoms with Gasteiger partial charge in [-0.05, 0) is 36.8 Å². The Morgan fingerprint density at radius 2 is 1.79 bits per heavy atom. The normalized spacial score (nSPS) is 12.2. The lowest BCUT2D eigenvalue weighted by Gasteiger charge is -2.14. The Balaban J connectivity index is 2.21. The molecule has 0 radical (unpaired) electrons. The lowest BCUT2D eigenvalue weighted by Crippen LogP contribution is -2.25. The van der Waals surface area contributed by atoms with Crippen molar-refractivity contribution in [3.63, 3.8) is 0 Å². The van der Waals surface area contributed by atoms with Crippen LogP contribution in [-0.2, 0) is 16.6 Å². The van der Waals surface area contributed by atoms with E-state index in [2.05, 4.69) is 9.46 Å².